The van der Waals surface area contributed by atoms with Gasteiger partial charge in [-0.25, -0.2) is 19.2 Å². The Hall–Kier alpha value is -7.36. The first kappa shape index (κ1) is 57.5. The summed E-state index contributed by atoms with van der Waals surface area (Å²) in [5.74, 6) is -2.93. The minimum atomic E-state index is -0.465. The molecule has 74 heavy (non-hydrogen) atoms. The molecule has 0 aromatic heterocycles. The Morgan fingerprint density at radius 3 is 0.784 bits per heavy atom. The monoisotopic (exact) mass is 1020 g/mol. The van der Waals surface area contributed by atoms with E-state index >= 15 is 0 Å². The zero-order chi connectivity index (χ0) is 53.2. The van der Waals surface area contributed by atoms with Gasteiger partial charge in [0.1, 0.15) is 23.0 Å². The number of carbonyl (C=O) groups is 8. The topological polar surface area (TPSA) is 210 Å². The molecule has 2 aliphatic rings. The Bertz CT molecular complexity index is 2270. The fourth-order valence-corrected chi connectivity index (χ4v) is 8.35. The molecule has 0 amide bonds. The SMILES string of the molecule is CCCCCCOC(=O)c1ccc(OC(=O)C2CCC(C(=O)Oc3ccc(C(=O)OCCCCCC)cc3)CC2)cc1.COC(=O)c1ccc(OC(=O)C2CCC(C(=O)Oc3ccc(C(=O)OC)cc3)CC2)cc1. The predicted octanol–water partition coefficient (Wildman–Crippen LogP) is 11.1. The molecule has 4 aromatic rings. The van der Waals surface area contributed by atoms with Crippen LogP contribution in [-0.4, -0.2) is 75.2 Å². The van der Waals surface area contributed by atoms with E-state index < -0.39 is 11.9 Å². The van der Waals surface area contributed by atoms with Gasteiger partial charge in [-0.2, -0.15) is 0 Å². The lowest BCUT2D eigenvalue weighted by molar-refractivity contribution is -0.145. The highest BCUT2D eigenvalue weighted by atomic mass is 16.6. The third kappa shape index (κ3) is 18.6. The van der Waals surface area contributed by atoms with E-state index in [-0.39, 0.29) is 59.5 Å². The van der Waals surface area contributed by atoms with Crippen molar-refractivity contribution in [3.63, 3.8) is 0 Å². The van der Waals surface area contributed by atoms with Crippen LogP contribution in [0, 0.1) is 23.7 Å². The lowest BCUT2D eigenvalue weighted by Gasteiger charge is -2.25. The third-order valence-corrected chi connectivity index (χ3v) is 12.9. The van der Waals surface area contributed by atoms with E-state index in [2.05, 4.69) is 23.3 Å². The molecule has 16 heteroatoms. The van der Waals surface area contributed by atoms with Crippen LogP contribution in [-0.2, 0) is 38.1 Å². The number of methoxy groups -OCH3 is 2. The Morgan fingerprint density at radius 2 is 0.568 bits per heavy atom. The van der Waals surface area contributed by atoms with Gasteiger partial charge in [0.05, 0.1) is 73.4 Å². The van der Waals surface area contributed by atoms with Crippen LogP contribution in [0.3, 0.4) is 0 Å². The number of carbonyl (C=O) groups excluding carboxylic acids is 8. The molecule has 0 atom stereocenters. The molecular weight excluding hydrogens is 953 g/mol. The molecule has 0 bridgehead atoms. The molecule has 2 saturated carbocycles. The average Bonchev–Trinajstić information content (AvgIpc) is 3.43. The molecule has 396 valence electrons. The van der Waals surface area contributed by atoms with E-state index in [1.165, 1.54) is 38.5 Å². The van der Waals surface area contributed by atoms with Crippen LogP contribution in [0.5, 0.6) is 23.0 Å². The molecule has 4 aromatic carbocycles. The van der Waals surface area contributed by atoms with Crippen molar-refractivity contribution >= 4 is 47.8 Å². The first-order valence-electron chi connectivity index (χ1n) is 25.6. The summed E-state index contributed by atoms with van der Waals surface area (Å²) in [6.45, 7) is 5.05. The minimum Gasteiger partial charge on any atom is -0.465 e. The largest absolute Gasteiger partial charge is 0.465 e. The van der Waals surface area contributed by atoms with Gasteiger partial charge >= 0.3 is 47.8 Å². The van der Waals surface area contributed by atoms with Crippen molar-refractivity contribution in [1.82, 2.24) is 0 Å². The first-order valence-corrected chi connectivity index (χ1v) is 25.6. The molecule has 2 fully saturated rings. The molecule has 0 unspecified atom stereocenters. The molecule has 0 heterocycles. The number of hydrogen-bond acceptors (Lipinski definition) is 16. The zero-order valence-electron chi connectivity index (χ0n) is 42.8. The Labute approximate surface area is 432 Å². The second-order valence-corrected chi connectivity index (χ2v) is 18.3. The Morgan fingerprint density at radius 1 is 0.338 bits per heavy atom. The van der Waals surface area contributed by atoms with Crippen LogP contribution in [0.1, 0.15) is 158 Å². The normalized spacial score (nSPS) is 16.9. The van der Waals surface area contributed by atoms with Gasteiger partial charge in [-0.3, -0.25) is 19.2 Å². The molecule has 0 radical (unpaired) electrons. The molecule has 0 spiro atoms. The maximum absolute atomic E-state index is 12.7. The van der Waals surface area contributed by atoms with Gasteiger partial charge in [0.25, 0.3) is 0 Å². The summed E-state index contributed by atoms with van der Waals surface area (Å²) < 4.78 is 41.7. The molecule has 0 N–H and O–H groups in total. The van der Waals surface area contributed by atoms with Crippen LogP contribution in [0.2, 0.25) is 0 Å². The second-order valence-electron chi connectivity index (χ2n) is 18.3. The van der Waals surface area contributed by atoms with Crippen molar-refractivity contribution < 1.29 is 76.3 Å². The van der Waals surface area contributed by atoms with E-state index in [1.54, 1.807) is 72.8 Å². The van der Waals surface area contributed by atoms with Crippen molar-refractivity contribution in [3.05, 3.63) is 119 Å². The van der Waals surface area contributed by atoms with Crippen molar-refractivity contribution in [2.75, 3.05) is 27.4 Å². The van der Waals surface area contributed by atoms with Crippen LogP contribution >= 0.6 is 0 Å². The fraction of sp³-hybridized carbons (Fsp3) is 0.448. The van der Waals surface area contributed by atoms with Gasteiger partial charge in [-0.1, -0.05) is 52.4 Å². The zero-order valence-corrected chi connectivity index (χ0v) is 42.8. The van der Waals surface area contributed by atoms with Gasteiger partial charge in [0.2, 0.25) is 0 Å². The van der Waals surface area contributed by atoms with Gasteiger partial charge in [0, 0.05) is 0 Å². The average molecular weight is 1020 g/mol. The van der Waals surface area contributed by atoms with Crippen LogP contribution < -0.4 is 18.9 Å². The molecule has 16 nitrogen and oxygen atoms in total. The van der Waals surface area contributed by atoms with E-state index in [0.717, 1.165) is 51.4 Å². The quantitative estimate of drug-likeness (QED) is 0.0310. The molecule has 6 rings (SSSR count). The van der Waals surface area contributed by atoms with Crippen molar-refractivity contribution in [1.29, 1.82) is 0 Å². The number of ether oxygens (including phenoxy) is 8. The van der Waals surface area contributed by atoms with Crippen LogP contribution in [0.15, 0.2) is 97.1 Å². The van der Waals surface area contributed by atoms with Gasteiger partial charge in [-0.05, 0) is 161 Å². The summed E-state index contributed by atoms with van der Waals surface area (Å²) in [6, 6.07) is 25.0. The number of esters is 8. The van der Waals surface area contributed by atoms with Gasteiger partial charge < -0.3 is 37.9 Å². The van der Waals surface area contributed by atoms with E-state index in [4.69, 9.17) is 28.4 Å². The highest BCUT2D eigenvalue weighted by Gasteiger charge is 2.34. The van der Waals surface area contributed by atoms with Crippen molar-refractivity contribution in [2.45, 2.75) is 117 Å². The lowest BCUT2D eigenvalue weighted by Crippen LogP contribution is -2.30. The highest BCUT2D eigenvalue weighted by molar-refractivity contribution is 5.91. The number of rotatable bonds is 22. The predicted molar refractivity (Wildman–Crippen MR) is 271 cm³/mol. The lowest BCUT2D eigenvalue weighted by atomic mass is 9.82. The number of unbranched alkanes of at least 4 members (excludes halogenated alkanes) is 6. The first-order chi connectivity index (χ1) is 35.8. The van der Waals surface area contributed by atoms with Crippen molar-refractivity contribution in [2.24, 2.45) is 23.7 Å². The smallest absolute Gasteiger partial charge is 0.338 e. The summed E-state index contributed by atoms with van der Waals surface area (Å²) in [5, 5.41) is 0. The summed E-state index contributed by atoms with van der Waals surface area (Å²) >= 11 is 0. The fourth-order valence-electron chi connectivity index (χ4n) is 8.35. The van der Waals surface area contributed by atoms with E-state index in [9.17, 15) is 38.4 Å². The summed E-state index contributed by atoms with van der Waals surface area (Å²) in [7, 11) is 2.59. The Kier molecular flexibility index (Phi) is 23.8. The number of benzene rings is 4. The molecule has 0 aliphatic heterocycles. The van der Waals surface area contributed by atoms with Crippen LogP contribution in [0.25, 0.3) is 0 Å². The van der Waals surface area contributed by atoms with E-state index in [0.29, 0.717) is 110 Å². The molecule has 2 aliphatic carbocycles. The van der Waals surface area contributed by atoms with Crippen molar-refractivity contribution in [3.8, 4) is 23.0 Å². The summed E-state index contributed by atoms with van der Waals surface area (Å²) in [4.78, 5) is 97.6. The minimum absolute atomic E-state index is 0.307. The Balaban J connectivity index is 0.000000284. The van der Waals surface area contributed by atoms with Gasteiger partial charge in [0.15, 0.2) is 0 Å². The molecular formula is C58H68O16. The van der Waals surface area contributed by atoms with E-state index in [1.807, 2.05) is 0 Å². The second kappa shape index (κ2) is 30.6. The van der Waals surface area contributed by atoms with Gasteiger partial charge in [-0.15, -0.1) is 0 Å². The third-order valence-electron chi connectivity index (χ3n) is 12.9. The standard InChI is InChI=1S/C34H44O8.C24H24O8/c1-3-5-7-9-23-39-31(35)25-15-19-29(20-16-25)41-33(37)27-11-13-28(14-12-27)34(38)42-30-21-17-26(18-22-30)32(36)40-24-10-8-6-4-2;1-29-21(25)15-7-11-19(12-8-15)31-23(27)17-3-5-18(6-4-17)24(28)32-20-13-9-16(10-14-20)22(26)30-2/h15-22,27-28H,3-14,23-24H2,1-2H3;7-14,17-18H,3-6H2,1-2H3. The maximum Gasteiger partial charge on any atom is 0.338 e. The molecule has 0 saturated heterocycles. The summed E-state index contributed by atoms with van der Waals surface area (Å²) in [5.41, 5.74) is 1.56. The summed E-state index contributed by atoms with van der Waals surface area (Å²) in [6.07, 6.45) is 12.4. The highest BCUT2D eigenvalue weighted by Crippen LogP contribution is 2.33. The van der Waals surface area contributed by atoms with Crippen LogP contribution in [0.4, 0.5) is 0 Å². The maximum atomic E-state index is 12.7. The number of hydrogen-bond donors (Lipinski definition) is 0.